The van der Waals surface area contributed by atoms with Crippen LogP contribution in [0.15, 0.2) is 60.9 Å². The van der Waals surface area contributed by atoms with Crippen LogP contribution in [0.1, 0.15) is 28.3 Å². The van der Waals surface area contributed by atoms with E-state index in [-0.39, 0.29) is 0 Å². The fourth-order valence-electron chi connectivity index (χ4n) is 2.98. The Morgan fingerprint density at radius 1 is 1.00 bits per heavy atom. The number of pyridine rings is 1. The molecule has 3 heterocycles. The number of rotatable bonds is 8. The lowest BCUT2D eigenvalue weighted by Gasteiger charge is -2.09. The number of ether oxygens (including phenoxy) is 2. The second-order valence-corrected chi connectivity index (χ2v) is 6.81. The SMILES string of the molecule is COc1cc(OCc2ccccn2)ccc1C=Cc1cc(/C=C/c2ccnn2C)[nH]n1. The van der Waals surface area contributed by atoms with E-state index < -0.39 is 0 Å². The third-order valence-corrected chi connectivity index (χ3v) is 4.66. The monoisotopic (exact) mass is 413 g/mol. The number of nitrogens with one attached hydrogen (secondary N) is 1. The van der Waals surface area contributed by atoms with Crippen molar-refractivity contribution in [2.45, 2.75) is 6.61 Å². The molecule has 0 amide bonds. The molecule has 3 aromatic heterocycles. The Balaban J connectivity index is 1.42. The van der Waals surface area contributed by atoms with Gasteiger partial charge >= 0.3 is 0 Å². The molecule has 0 atom stereocenters. The van der Waals surface area contributed by atoms with Gasteiger partial charge in [0.05, 0.1) is 29.9 Å². The van der Waals surface area contributed by atoms with Crippen molar-refractivity contribution in [2.75, 3.05) is 7.11 Å². The zero-order valence-electron chi connectivity index (χ0n) is 17.4. The number of methoxy groups -OCH3 is 1. The normalized spacial score (nSPS) is 11.4. The van der Waals surface area contributed by atoms with E-state index in [1.165, 1.54) is 0 Å². The number of aryl methyl sites for hydroxylation is 1. The van der Waals surface area contributed by atoms with Crippen LogP contribution in [0.2, 0.25) is 0 Å². The van der Waals surface area contributed by atoms with Crippen LogP contribution in [-0.4, -0.2) is 32.1 Å². The van der Waals surface area contributed by atoms with Crippen molar-refractivity contribution >= 4 is 24.3 Å². The number of H-pyrrole nitrogens is 1. The molecule has 0 radical (unpaired) electrons. The third kappa shape index (κ3) is 5.27. The van der Waals surface area contributed by atoms with E-state index in [1.54, 1.807) is 19.5 Å². The van der Waals surface area contributed by atoms with E-state index in [0.717, 1.165) is 39.8 Å². The first-order valence-corrected chi connectivity index (χ1v) is 9.81. The maximum absolute atomic E-state index is 5.82. The minimum absolute atomic E-state index is 0.404. The molecular weight excluding hydrogens is 390 g/mol. The van der Waals surface area contributed by atoms with Crippen LogP contribution >= 0.6 is 0 Å². The van der Waals surface area contributed by atoms with Gasteiger partial charge in [-0.3, -0.25) is 14.8 Å². The molecule has 1 aromatic carbocycles. The number of benzene rings is 1. The highest BCUT2D eigenvalue weighted by Crippen LogP contribution is 2.27. The second kappa shape index (κ2) is 9.58. The van der Waals surface area contributed by atoms with Gasteiger partial charge in [0.15, 0.2) is 0 Å². The van der Waals surface area contributed by atoms with Crippen LogP contribution in [0.3, 0.4) is 0 Å². The molecule has 0 fully saturated rings. The second-order valence-electron chi connectivity index (χ2n) is 6.81. The third-order valence-electron chi connectivity index (χ3n) is 4.66. The van der Waals surface area contributed by atoms with Crippen LogP contribution in [0.4, 0.5) is 0 Å². The Kier molecular flexibility index (Phi) is 6.23. The first-order valence-electron chi connectivity index (χ1n) is 9.81. The summed E-state index contributed by atoms with van der Waals surface area (Å²) in [5, 5.41) is 11.5. The molecule has 0 aliphatic carbocycles. The Hall–Kier alpha value is -4.13. The summed E-state index contributed by atoms with van der Waals surface area (Å²) < 4.78 is 13.2. The molecule has 0 unspecified atom stereocenters. The van der Waals surface area contributed by atoms with Crippen LogP contribution in [-0.2, 0) is 13.7 Å². The summed E-state index contributed by atoms with van der Waals surface area (Å²) >= 11 is 0. The van der Waals surface area contributed by atoms with E-state index in [4.69, 9.17) is 9.47 Å². The molecule has 4 aromatic rings. The molecule has 7 heteroatoms. The number of aromatic amines is 1. The van der Waals surface area contributed by atoms with Gasteiger partial charge in [-0.2, -0.15) is 10.2 Å². The molecule has 31 heavy (non-hydrogen) atoms. The highest BCUT2D eigenvalue weighted by Gasteiger charge is 2.04. The van der Waals surface area contributed by atoms with Gasteiger partial charge in [-0.05, 0) is 60.7 Å². The van der Waals surface area contributed by atoms with Crippen LogP contribution < -0.4 is 9.47 Å². The molecule has 0 aliphatic rings. The van der Waals surface area contributed by atoms with Crippen molar-refractivity contribution in [3.05, 3.63) is 89.3 Å². The van der Waals surface area contributed by atoms with Crippen molar-refractivity contribution in [1.82, 2.24) is 25.0 Å². The summed E-state index contributed by atoms with van der Waals surface area (Å²) in [4.78, 5) is 4.26. The lowest BCUT2D eigenvalue weighted by Crippen LogP contribution is -1.98. The van der Waals surface area contributed by atoms with E-state index in [2.05, 4.69) is 20.3 Å². The average molecular weight is 413 g/mol. The van der Waals surface area contributed by atoms with Gasteiger partial charge in [-0.25, -0.2) is 0 Å². The number of hydrogen-bond donors (Lipinski definition) is 1. The van der Waals surface area contributed by atoms with Crippen LogP contribution in [0.25, 0.3) is 24.3 Å². The van der Waals surface area contributed by atoms with Crippen molar-refractivity contribution < 1.29 is 9.47 Å². The van der Waals surface area contributed by atoms with E-state index in [0.29, 0.717) is 6.61 Å². The van der Waals surface area contributed by atoms with Gasteiger partial charge in [0.1, 0.15) is 18.1 Å². The van der Waals surface area contributed by atoms with Crippen molar-refractivity contribution in [3.8, 4) is 11.5 Å². The number of nitrogens with zero attached hydrogens (tertiary/aromatic N) is 4. The Bertz CT molecular complexity index is 1190. The largest absolute Gasteiger partial charge is 0.496 e. The van der Waals surface area contributed by atoms with Crippen molar-refractivity contribution in [1.29, 1.82) is 0 Å². The van der Waals surface area contributed by atoms with Gasteiger partial charge in [0, 0.05) is 31.1 Å². The van der Waals surface area contributed by atoms with Gasteiger partial charge in [0.2, 0.25) is 0 Å². The van der Waals surface area contributed by atoms with Gasteiger partial charge in [0.25, 0.3) is 0 Å². The van der Waals surface area contributed by atoms with Gasteiger partial charge in [-0.15, -0.1) is 0 Å². The summed E-state index contributed by atoms with van der Waals surface area (Å²) in [7, 11) is 3.55. The van der Waals surface area contributed by atoms with E-state index >= 15 is 0 Å². The van der Waals surface area contributed by atoms with Gasteiger partial charge in [-0.1, -0.05) is 6.07 Å². The lowest BCUT2D eigenvalue weighted by atomic mass is 10.1. The van der Waals surface area contributed by atoms with Crippen molar-refractivity contribution in [3.63, 3.8) is 0 Å². The Morgan fingerprint density at radius 2 is 1.94 bits per heavy atom. The highest BCUT2D eigenvalue weighted by atomic mass is 16.5. The maximum Gasteiger partial charge on any atom is 0.130 e. The summed E-state index contributed by atoms with van der Waals surface area (Å²) in [5.74, 6) is 1.45. The molecule has 156 valence electrons. The molecule has 0 bridgehead atoms. The highest BCUT2D eigenvalue weighted by molar-refractivity contribution is 5.73. The minimum atomic E-state index is 0.404. The Morgan fingerprint density at radius 3 is 2.71 bits per heavy atom. The van der Waals surface area contributed by atoms with Crippen molar-refractivity contribution in [2.24, 2.45) is 7.05 Å². The molecule has 4 rings (SSSR count). The fourth-order valence-corrected chi connectivity index (χ4v) is 2.98. The zero-order valence-corrected chi connectivity index (χ0v) is 17.4. The summed E-state index contributed by atoms with van der Waals surface area (Å²) in [6.45, 7) is 0.404. The summed E-state index contributed by atoms with van der Waals surface area (Å²) in [6, 6.07) is 15.4. The molecule has 0 saturated heterocycles. The molecule has 0 aliphatic heterocycles. The summed E-state index contributed by atoms with van der Waals surface area (Å²) in [6.07, 6.45) is 11.4. The minimum Gasteiger partial charge on any atom is -0.496 e. The quantitative estimate of drug-likeness (QED) is 0.461. The van der Waals surface area contributed by atoms with Crippen LogP contribution in [0, 0.1) is 0 Å². The zero-order chi connectivity index (χ0) is 21.5. The predicted octanol–water partition coefficient (Wildman–Crippen LogP) is 4.47. The topological polar surface area (TPSA) is 77.9 Å². The van der Waals surface area contributed by atoms with E-state index in [1.807, 2.05) is 84.6 Å². The summed E-state index contributed by atoms with van der Waals surface area (Å²) in [5.41, 5.74) is 4.55. The molecule has 0 saturated carbocycles. The lowest BCUT2D eigenvalue weighted by molar-refractivity contribution is 0.299. The average Bonchev–Trinajstić information content (AvgIpc) is 3.44. The van der Waals surface area contributed by atoms with E-state index in [9.17, 15) is 0 Å². The molecule has 0 spiro atoms. The number of hydrogen-bond acceptors (Lipinski definition) is 5. The first kappa shape index (κ1) is 20.2. The first-order chi connectivity index (χ1) is 15.2. The standard InChI is InChI=1S/C24H23N5O2/c1-29-22(12-14-26-29)10-9-20-15-19(27-28-20)8-6-18-7-11-23(16-24(18)30-2)31-17-21-5-3-4-13-25-21/h3-16H,17H2,1-2H3,(H,27,28)/b8-6?,10-9+. The predicted molar refractivity (Wildman–Crippen MR) is 121 cm³/mol. The Labute approximate surface area is 180 Å². The smallest absolute Gasteiger partial charge is 0.130 e. The van der Waals surface area contributed by atoms with Crippen LogP contribution in [0.5, 0.6) is 11.5 Å². The maximum atomic E-state index is 5.82. The van der Waals surface area contributed by atoms with Gasteiger partial charge < -0.3 is 9.47 Å². The fraction of sp³-hybridized carbons (Fsp3) is 0.125. The molecular formula is C24H23N5O2. The number of aromatic nitrogens is 5. The molecule has 1 N–H and O–H groups in total. The molecule has 7 nitrogen and oxygen atoms in total.